The first kappa shape index (κ1) is 15.5. The molecule has 110 valence electrons. The molecule has 0 unspecified atom stereocenters. The number of halogens is 1. The average Bonchev–Trinajstić information content (AvgIpc) is 2.31. The third kappa shape index (κ3) is 3.83. The maximum Gasteiger partial charge on any atom is 0.224 e. The Bertz CT molecular complexity index is 472. The zero-order valence-corrected chi connectivity index (χ0v) is 13.9. The number of hydrogen-bond donors (Lipinski definition) is 1. The number of ether oxygens (including phenoxy) is 1. The quantitative estimate of drug-likeness (QED) is 0.872. The van der Waals surface area contributed by atoms with Crippen LogP contribution in [0.2, 0.25) is 0 Å². The minimum absolute atomic E-state index is 0.110. The van der Waals surface area contributed by atoms with Crippen molar-refractivity contribution < 1.29 is 9.53 Å². The van der Waals surface area contributed by atoms with E-state index in [1.165, 1.54) is 0 Å². The number of nitrogens with one attached hydrogen (secondary N) is 1. The van der Waals surface area contributed by atoms with E-state index in [0.29, 0.717) is 18.4 Å². The van der Waals surface area contributed by atoms with Crippen LogP contribution in [0.15, 0.2) is 16.6 Å². The van der Waals surface area contributed by atoms with E-state index in [9.17, 15) is 4.79 Å². The molecule has 1 aromatic rings. The lowest BCUT2D eigenvalue weighted by atomic mass is 9.80. The maximum atomic E-state index is 12.1. The first-order valence-corrected chi connectivity index (χ1v) is 7.97. The molecule has 1 aromatic carbocycles. The Kier molecular flexibility index (Phi) is 5.22. The summed E-state index contributed by atoms with van der Waals surface area (Å²) >= 11 is 3.47. The van der Waals surface area contributed by atoms with Gasteiger partial charge >= 0.3 is 0 Å². The summed E-state index contributed by atoms with van der Waals surface area (Å²) in [6.07, 6.45) is 2.99. The fourth-order valence-corrected chi connectivity index (χ4v) is 3.46. The number of amides is 1. The van der Waals surface area contributed by atoms with Crippen molar-refractivity contribution >= 4 is 27.5 Å². The van der Waals surface area contributed by atoms with Crippen LogP contribution in [0.4, 0.5) is 5.69 Å². The molecule has 0 saturated heterocycles. The van der Waals surface area contributed by atoms with Gasteiger partial charge < -0.3 is 10.1 Å². The van der Waals surface area contributed by atoms with Crippen LogP contribution < -0.4 is 5.32 Å². The van der Waals surface area contributed by atoms with Gasteiger partial charge in [-0.25, -0.2) is 0 Å². The van der Waals surface area contributed by atoms with Crippen molar-refractivity contribution in [3.63, 3.8) is 0 Å². The zero-order chi connectivity index (χ0) is 14.7. The standard InChI is InChI=1S/C16H22BrNO2/c1-4-20-14-7-12(8-14)9-15(19)18-16-10(2)5-13(17)6-11(16)3/h5-6,12,14H,4,7-9H2,1-3H3,(H,18,19). The molecular formula is C16H22BrNO2. The summed E-state index contributed by atoms with van der Waals surface area (Å²) in [5.41, 5.74) is 3.12. The molecule has 3 nitrogen and oxygen atoms in total. The normalized spacial score (nSPS) is 21.4. The van der Waals surface area contributed by atoms with Gasteiger partial charge in [0.2, 0.25) is 5.91 Å². The van der Waals surface area contributed by atoms with Crippen molar-refractivity contribution in [2.24, 2.45) is 5.92 Å². The van der Waals surface area contributed by atoms with Gasteiger partial charge in [-0.2, -0.15) is 0 Å². The Hall–Kier alpha value is -0.870. The Morgan fingerprint density at radius 3 is 2.50 bits per heavy atom. The molecule has 4 heteroatoms. The molecule has 1 aliphatic carbocycles. The second kappa shape index (κ2) is 6.72. The summed E-state index contributed by atoms with van der Waals surface area (Å²) in [7, 11) is 0. The maximum absolute atomic E-state index is 12.1. The van der Waals surface area contributed by atoms with Crippen LogP contribution in [0.1, 0.15) is 37.3 Å². The number of aryl methyl sites for hydroxylation is 2. The molecule has 1 aliphatic rings. The summed E-state index contributed by atoms with van der Waals surface area (Å²) in [4.78, 5) is 12.1. The number of rotatable bonds is 5. The van der Waals surface area contributed by atoms with Crippen LogP contribution in [0, 0.1) is 19.8 Å². The first-order chi connectivity index (χ1) is 9.49. The minimum Gasteiger partial charge on any atom is -0.378 e. The Balaban J connectivity index is 1.87. The van der Waals surface area contributed by atoms with Gasteiger partial charge in [-0.05, 0) is 62.8 Å². The molecule has 1 amide bonds. The van der Waals surface area contributed by atoms with Gasteiger partial charge in [0.25, 0.3) is 0 Å². The smallest absolute Gasteiger partial charge is 0.224 e. The highest BCUT2D eigenvalue weighted by molar-refractivity contribution is 9.10. The molecule has 2 rings (SSSR count). The van der Waals surface area contributed by atoms with E-state index in [-0.39, 0.29) is 5.91 Å². The molecular weight excluding hydrogens is 318 g/mol. The number of carbonyl (C=O) groups is 1. The molecule has 1 N–H and O–H groups in total. The molecule has 0 aromatic heterocycles. The number of hydrogen-bond acceptors (Lipinski definition) is 2. The van der Waals surface area contributed by atoms with Crippen molar-refractivity contribution in [2.45, 2.75) is 46.1 Å². The molecule has 0 spiro atoms. The molecule has 0 radical (unpaired) electrons. The van der Waals surface area contributed by atoms with Gasteiger partial charge in [-0.1, -0.05) is 15.9 Å². The second-order valence-corrected chi connectivity index (χ2v) is 6.50. The Morgan fingerprint density at radius 2 is 1.95 bits per heavy atom. The van der Waals surface area contributed by atoms with Gasteiger partial charge in [0.15, 0.2) is 0 Å². The lowest BCUT2D eigenvalue weighted by Gasteiger charge is -2.34. The van der Waals surface area contributed by atoms with E-state index in [1.807, 2.05) is 32.9 Å². The molecule has 0 atom stereocenters. The van der Waals surface area contributed by atoms with E-state index in [2.05, 4.69) is 21.2 Å². The number of benzene rings is 1. The van der Waals surface area contributed by atoms with Gasteiger partial charge in [0.05, 0.1) is 6.10 Å². The first-order valence-electron chi connectivity index (χ1n) is 7.17. The highest BCUT2D eigenvalue weighted by Crippen LogP contribution is 2.33. The van der Waals surface area contributed by atoms with Gasteiger partial charge in [0, 0.05) is 23.2 Å². The predicted octanol–water partition coefficient (Wildman–Crippen LogP) is 4.21. The predicted molar refractivity (Wildman–Crippen MR) is 85.0 cm³/mol. The average molecular weight is 340 g/mol. The molecule has 0 aliphatic heterocycles. The molecule has 1 saturated carbocycles. The van der Waals surface area contributed by atoms with E-state index in [0.717, 1.165) is 40.7 Å². The number of anilines is 1. The highest BCUT2D eigenvalue weighted by atomic mass is 79.9. The Labute approximate surface area is 129 Å². The highest BCUT2D eigenvalue weighted by Gasteiger charge is 2.31. The van der Waals surface area contributed by atoms with Crippen LogP contribution in [0.25, 0.3) is 0 Å². The summed E-state index contributed by atoms with van der Waals surface area (Å²) < 4.78 is 6.57. The lowest BCUT2D eigenvalue weighted by Crippen LogP contribution is -2.34. The third-order valence-electron chi connectivity index (χ3n) is 3.83. The Morgan fingerprint density at radius 1 is 1.35 bits per heavy atom. The second-order valence-electron chi connectivity index (χ2n) is 5.58. The van der Waals surface area contributed by atoms with Crippen molar-refractivity contribution in [2.75, 3.05) is 11.9 Å². The minimum atomic E-state index is 0.110. The van der Waals surface area contributed by atoms with Crippen LogP contribution >= 0.6 is 15.9 Å². The summed E-state index contributed by atoms with van der Waals surface area (Å²) in [5, 5.41) is 3.05. The van der Waals surface area contributed by atoms with E-state index < -0.39 is 0 Å². The van der Waals surface area contributed by atoms with Crippen molar-refractivity contribution in [1.82, 2.24) is 0 Å². The summed E-state index contributed by atoms with van der Waals surface area (Å²) in [5.74, 6) is 0.584. The van der Waals surface area contributed by atoms with Gasteiger partial charge in [-0.15, -0.1) is 0 Å². The van der Waals surface area contributed by atoms with Crippen LogP contribution in [0.3, 0.4) is 0 Å². The van der Waals surface area contributed by atoms with Crippen LogP contribution in [0.5, 0.6) is 0 Å². The van der Waals surface area contributed by atoms with E-state index in [4.69, 9.17) is 4.74 Å². The fourth-order valence-electron chi connectivity index (χ4n) is 2.77. The van der Waals surface area contributed by atoms with Gasteiger partial charge in [0.1, 0.15) is 0 Å². The van der Waals surface area contributed by atoms with Crippen molar-refractivity contribution in [1.29, 1.82) is 0 Å². The number of carbonyl (C=O) groups excluding carboxylic acids is 1. The summed E-state index contributed by atoms with van der Waals surface area (Å²) in [6.45, 7) is 6.81. The monoisotopic (exact) mass is 339 g/mol. The topological polar surface area (TPSA) is 38.3 Å². The lowest BCUT2D eigenvalue weighted by molar-refractivity contribution is -0.119. The molecule has 0 bridgehead atoms. The van der Waals surface area contributed by atoms with Crippen LogP contribution in [-0.2, 0) is 9.53 Å². The van der Waals surface area contributed by atoms with Gasteiger partial charge in [-0.3, -0.25) is 4.79 Å². The SMILES string of the molecule is CCOC1CC(CC(=O)Nc2c(C)cc(Br)cc2C)C1. The summed E-state index contributed by atoms with van der Waals surface area (Å²) in [6, 6.07) is 4.05. The van der Waals surface area contributed by atoms with Crippen LogP contribution in [-0.4, -0.2) is 18.6 Å². The molecule has 0 heterocycles. The van der Waals surface area contributed by atoms with E-state index in [1.54, 1.807) is 0 Å². The largest absolute Gasteiger partial charge is 0.378 e. The van der Waals surface area contributed by atoms with Crippen molar-refractivity contribution in [3.8, 4) is 0 Å². The zero-order valence-electron chi connectivity index (χ0n) is 12.3. The fraction of sp³-hybridized carbons (Fsp3) is 0.562. The molecule has 20 heavy (non-hydrogen) atoms. The third-order valence-corrected chi connectivity index (χ3v) is 4.29. The molecule has 1 fully saturated rings. The van der Waals surface area contributed by atoms with E-state index >= 15 is 0 Å². The van der Waals surface area contributed by atoms with Crippen molar-refractivity contribution in [3.05, 3.63) is 27.7 Å².